The van der Waals surface area contributed by atoms with E-state index >= 15 is 0 Å². The predicted molar refractivity (Wildman–Crippen MR) is 103 cm³/mol. The van der Waals surface area contributed by atoms with E-state index in [1.165, 1.54) is 11.3 Å². The Hall–Kier alpha value is -2.94. The first-order valence-corrected chi connectivity index (χ1v) is 8.43. The summed E-state index contributed by atoms with van der Waals surface area (Å²) in [5, 5.41) is 0. The zero-order chi connectivity index (χ0) is 17.6. The van der Waals surface area contributed by atoms with Crippen LogP contribution in [0.2, 0.25) is 0 Å². The quantitative estimate of drug-likeness (QED) is 0.780. The number of rotatable bonds is 1. The highest BCUT2D eigenvalue weighted by Gasteiger charge is 2.38. The zero-order valence-electron chi connectivity index (χ0n) is 14.7. The zero-order valence-corrected chi connectivity index (χ0v) is 14.7. The number of likely N-dealkylation sites (N-methyl/N-ethyl adjacent to an activating group) is 1. The average molecular weight is 328 g/mol. The molecule has 2 aliphatic rings. The molecule has 1 aliphatic carbocycles. The molecule has 0 atom stereocenters. The van der Waals surface area contributed by atoms with Crippen molar-refractivity contribution in [1.29, 1.82) is 0 Å². The number of hydrogen-bond acceptors (Lipinski definition) is 3. The summed E-state index contributed by atoms with van der Waals surface area (Å²) in [6, 6.07) is 16.3. The maximum Gasteiger partial charge on any atom is 0.204 e. The SMILES string of the molecule is CN1/C(=C\N=C2\C(=O)C=Cc3ccccc32)C(C)(C)c2ccccc21. The molecule has 0 N–H and O–H groups in total. The molecule has 0 saturated heterocycles. The molecule has 2 aromatic carbocycles. The number of aliphatic imine (C=N–C) groups is 1. The number of carbonyl (C=O) groups is 1. The van der Waals surface area contributed by atoms with E-state index in [9.17, 15) is 4.79 Å². The summed E-state index contributed by atoms with van der Waals surface area (Å²) >= 11 is 0. The molecule has 124 valence electrons. The van der Waals surface area contributed by atoms with E-state index in [4.69, 9.17) is 0 Å². The van der Waals surface area contributed by atoms with Gasteiger partial charge in [0.05, 0.1) is 0 Å². The van der Waals surface area contributed by atoms with Crippen LogP contribution in [0.5, 0.6) is 0 Å². The van der Waals surface area contributed by atoms with Gasteiger partial charge in [0.25, 0.3) is 0 Å². The normalized spacial score (nSPS) is 20.9. The van der Waals surface area contributed by atoms with Crippen molar-refractivity contribution >= 4 is 23.3 Å². The number of ketones is 1. The Morgan fingerprint density at radius 1 is 1.00 bits per heavy atom. The molecule has 3 nitrogen and oxygen atoms in total. The first-order valence-electron chi connectivity index (χ1n) is 8.43. The van der Waals surface area contributed by atoms with Crippen LogP contribution in [0, 0.1) is 0 Å². The van der Waals surface area contributed by atoms with Crippen LogP contribution in [0.1, 0.15) is 30.5 Å². The van der Waals surface area contributed by atoms with Gasteiger partial charge in [-0.2, -0.15) is 0 Å². The Kier molecular flexibility index (Phi) is 3.46. The number of benzene rings is 2. The second-order valence-corrected chi connectivity index (χ2v) is 6.98. The number of hydrogen-bond donors (Lipinski definition) is 0. The van der Waals surface area contributed by atoms with E-state index in [0.29, 0.717) is 5.71 Å². The lowest BCUT2D eigenvalue weighted by Gasteiger charge is -2.23. The van der Waals surface area contributed by atoms with Crippen molar-refractivity contribution in [2.75, 3.05) is 11.9 Å². The third-order valence-electron chi connectivity index (χ3n) is 5.12. The van der Waals surface area contributed by atoms with Crippen LogP contribution in [0.3, 0.4) is 0 Å². The third kappa shape index (κ3) is 2.35. The Morgan fingerprint density at radius 2 is 1.72 bits per heavy atom. The number of fused-ring (bicyclic) bond motifs is 2. The molecular weight excluding hydrogens is 308 g/mol. The fourth-order valence-electron chi connectivity index (χ4n) is 3.72. The van der Waals surface area contributed by atoms with Gasteiger partial charge in [-0.15, -0.1) is 0 Å². The minimum absolute atomic E-state index is 0.0495. The van der Waals surface area contributed by atoms with Crippen molar-refractivity contribution in [3.05, 3.63) is 83.2 Å². The molecule has 0 amide bonds. The highest BCUT2D eigenvalue weighted by molar-refractivity contribution is 6.52. The van der Waals surface area contributed by atoms with Crippen LogP contribution < -0.4 is 4.90 Å². The van der Waals surface area contributed by atoms with Gasteiger partial charge in [0.1, 0.15) is 5.71 Å². The monoisotopic (exact) mass is 328 g/mol. The minimum atomic E-state index is -0.150. The molecule has 3 heteroatoms. The van der Waals surface area contributed by atoms with Gasteiger partial charge in [0.2, 0.25) is 5.78 Å². The van der Waals surface area contributed by atoms with Crippen molar-refractivity contribution in [2.45, 2.75) is 19.3 Å². The molecule has 0 unspecified atom stereocenters. The van der Waals surface area contributed by atoms with Crippen molar-refractivity contribution < 1.29 is 4.79 Å². The van der Waals surface area contributed by atoms with Crippen molar-refractivity contribution in [3.63, 3.8) is 0 Å². The summed E-state index contributed by atoms with van der Waals surface area (Å²) in [5.74, 6) is -0.0495. The number of allylic oxidation sites excluding steroid dienone is 2. The van der Waals surface area contributed by atoms with Gasteiger partial charge in [0, 0.05) is 35.6 Å². The van der Waals surface area contributed by atoms with E-state index < -0.39 is 0 Å². The Bertz CT molecular complexity index is 963. The number of para-hydroxylation sites is 1. The van der Waals surface area contributed by atoms with Crippen LogP contribution in [0.4, 0.5) is 5.69 Å². The lowest BCUT2D eigenvalue weighted by molar-refractivity contribution is -0.108. The lowest BCUT2D eigenvalue weighted by Crippen LogP contribution is -2.23. The number of anilines is 1. The molecule has 0 fully saturated rings. The molecule has 0 aromatic heterocycles. The van der Waals surface area contributed by atoms with E-state index in [2.05, 4.69) is 49.0 Å². The first kappa shape index (κ1) is 15.6. The lowest BCUT2D eigenvalue weighted by atomic mass is 9.84. The van der Waals surface area contributed by atoms with E-state index in [0.717, 1.165) is 16.8 Å². The first-order chi connectivity index (χ1) is 12.0. The Morgan fingerprint density at radius 3 is 2.52 bits per heavy atom. The Balaban J connectivity index is 1.81. The molecule has 0 radical (unpaired) electrons. The van der Waals surface area contributed by atoms with E-state index in [1.54, 1.807) is 6.08 Å². The van der Waals surface area contributed by atoms with Gasteiger partial charge < -0.3 is 4.90 Å². The fourth-order valence-corrected chi connectivity index (χ4v) is 3.72. The summed E-state index contributed by atoms with van der Waals surface area (Å²) in [6.07, 6.45) is 5.30. The minimum Gasteiger partial charge on any atom is -0.346 e. The van der Waals surface area contributed by atoms with Gasteiger partial charge in [-0.05, 0) is 23.3 Å². The molecule has 25 heavy (non-hydrogen) atoms. The van der Waals surface area contributed by atoms with Gasteiger partial charge in [0.15, 0.2) is 0 Å². The molecule has 0 spiro atoms. The van der Waals surface area contributed by atoms with Crippen molar-refractivity contribution in [1.82, 2.24) is 0 Å². The molecule has 0 bridgehead atoms. The van der Waals surface area contributed by atoms with E-state index in [1.807, 2.05) is 42.6 Å². The van der Waals surface area contributed by atoms with Gasteiger partial charge in [-0.25, -0.2) is 0 Å². The van der Waals surface area contributed by atoms with E-state index in [-0.39, 0.29) is 11.2 Å². The molecule has 2 aromatic rings. The highest BCUT2D eigenvalue weighted by atomic mass is 16.1. The highest BCUT2D eigenvalue weighted by Crippen LogP contribution is 2.46. The summed E-state index contributed by atoms with van der Waals surface area (Å²) in [4.78, 5) is 19.2. The molecule has 1 heterocycles. The van der Waals surface area contributed by atoms with Crippen molar-refractivity contribution in [2.24, 2.45) is 4.99 Å². The van der Waals surface area contributed by atoms with Crippen LogP contribution in [0.15, 0.2) is 71.5 Å². The van der Waals surface area contributed by atoms with Crippen molar-refractivity contribution in [3.8, 4) is 0 Å². The summed E-state index contributed by atoms with van der Waals surface area (Å²) in [6.45, 7) is 4.38. The van der Waals surface area contributed by atoms with Crippen LogP contribution >= 0.6 is 0 Å². The maximum atomic E-state index is 12.4. The van der Waals surface area contributed by atoms with Crippen LogP contribution in [-0.4, -0.2) is 18.5 Å². The second kappa shape index (κ2) is 5.55. The maximum absolute atomic E-state index is 12.4. The molecule has 0 saturated carbocycles. The number of nitrogens with zero attached hydrogens (tertiary/aromatic N) is 2. The summed E-state index contributed by atoms with van der Waals surface area (Å²) < 4.78 is 0. The number of carbonyl (C=O) groups excluding carboxylic acids is 1. The van der Waals surface area contributed by atoms with Gasteiger partial charge >= 0.3 is 0 Å². The van der Waals surface area contributed by atoms with Gasteiger partial charge in [-0.1, -0.05) is 62.4 Å². The summed E-state index contributed by atoms with van der Waals surface area (Å²) in [7, 11) is 2.05. The average Bonchev–Trinajstić information content (AvgIpc) is 2.81. The predicted octanol–water partition coefficient (Wildman–Crippen LogP) is 4.34. The molecule has 1 aliphatic heterocycles. The largest absolute Gasteiger partial charge is 0.346 e. The molecular formula is C22H20N2O. The topological polar surface area (TPSA) is 32.7 Å². The van der Waals surface area contributed by atoms with Gasteiger partial charge in [-0.3, -0.25) is 9.79 Å². The Labute approximate surface area is 148 Å². The van der Waals surface area contributed by atoms with Crippen LogP contribution in [-0.2, 0) is 10.2 Å². The summed E-state index contributed by atoms with van der Waals surface area (Å²) in [5.41, 5.74) is 5.83. The third-order valence-corrected chi connectivity index (χ3v) is 5.12. The van der Waals surface area contributed by atoms with Crippen LogP contribution in [0.25, 0.3) is 6.08 Å². The molecule has 4 rings (SSSR count). The second-order valence-electron chi connectivity index (χ2n) is 6.98. The standard InChI is InChI=1S/C22H20N2O/c1-22(2)17-10-6-7-11-18(17)24(3)20(22)14-23-21-16-9-5-4-8-15(16)12-13-19(21)25/h4-14H,1-3H3/b20-14-,23-21+. The smallest absolute Gasteiger partial charge is 0.204 e. The fraction of sp³-hybridized carbons (Fsp3) is 0.182.